The number of nitrogens with zero attached hydrogens (tertiary/aromatic N) is 2. The predicted octanol–water partition coefficient (Wildman–Crippen LogP) is 3.21. The summed E-state index contributed by atoms with van der Waals surface area (Å²) in [7, 11) is 0. The van der Waals surface area contributed by atoms with Crippen LogP contribution in [0.2, 0.25) is 5.02 Å². The van der Waals surface area contributed by atoms with Gasteiger partial charge in [0.25, 0.3) is 5.91 Å². The molecule has 2 amide bonds. The number of carbonyl (C=O) groups is 2. The van der Waals surface area contributed by atoms with Crippen molar-refractivity contribution in [3.05, 3.63) is 28.8 Å². The summed E-state index contributed by atoms with van der Waals surface area (Å²) in [6.07, 6.45) is 4.35. The zero-order valence-corrected chi connectivity index (χ0v) is 15.4. The van der Waals surface area contributed by atoms with Crippen molar-refractivity contribution in [1.82, 2.24) is 9.80 Å². The SMILES string of the molecule is CCOc1ccc(C(=O)N2CCN(C(=O)C3CCCC3)CC2)cc1Cl. The van der Waals surface area contributed by atoms with Crippen LogP contribution >= 0.6 is 11.6 Å². The van der Waals surface area contributed by atoms with E-state index in [1.807, 2.05) is 11.8 Å². The second kappa shape index (κ2) is 8.09. The number of carbonyl (C=O) groups excluding carboxylic acids is 2. The van der Waals surface area contributed by atoms with Crippen LogP contribution in [0.5, 0.6) is 5.75 Å². The van der Waals surface area contributed by atoms with Crippen LogP contribution in [0.15, 0.2) is 18.2 Å². The maximum absolute atomic E-state index is 12.7. The Morgan fingerprint density at radius 2 is 1.76 bits per heavy atom. The van der Waals surface area contributed by atoms with Crippen LogP contribution in [-0.2, 0) is 4.79 Å². The van der Waals surface area contributed by atoms with Crippen LogP contribution in [0.4, 0.5) is 0 Å². The van der Waals surface area contributed by atoms with Gasteiger partial charge in [-0.2, -0.15) is 0 Å². The molecule has 1 aliphatic carbocycles. The first-order valence-corrected chi connectivity index (χ1v) is 9.48. The van der Waals surface area contributed by atoms with Crippen LogP contribution < -0.4 is 4.74 Å². The highest BCUT2D eigenvalue weighted by atomic mass is 35.5. The van der Waals surface area contributed by atoms with Crippen molar-refractivity contribution in [1.29, 1.82) is 0 Å². The first kappa shape index (κ1) is 18.1. The standard InChI is InChI=1S/C19H25ClN2O3/c1-2-25-17-8-7-15(13-16(17)20)19(24)22-11-9-21(10-12-22)18(23)14-5-3-4-6-14/h7-8,13-14H,2-6,9-12H2,1H3. The highest BCUT2D eigenvalue weighted by molar-refractivity contribution is 6.32. The van der Waals surface area contributed by atoms with Gasteiger partial charge in [0.15, 0.2) is 0 Å². The maximum atomic E-state index is 12.7. The van der Waals surface area contributed by atoms with E-state index < -0.39 is 0 Å². The van der Waals surface area contributed by atoms with E-state index >= 15 is 0 Å². The summed E-state index contributed by atoms with van der Waals surface area (Å²) >= 11 is 6.18. The van der Waals surface area contributed by atoms with Crippen LogP contribution in [0.1, 0.15) is 43.0 Å². The molecule has 1 saturated heterocycles. The summed E-state index contributed by atoms with van der Waals surface area (Å²) in [6.45, 7) is 4.80. The van der Waals surface area contributed by atoms with Crippen LogP contribution in [-0.4, -0.2) is 54.4 Å². The lowest BCUT2D eigenvalue weighted by molar-refractivity contribution is -0.136. The monoisotopic (exact) mass is 364 g/mol. The lowest BCUT2D eigenvalue weighted by atomic mass is 10.1. The summed E-state index contributed by atoms with van der Waals surface area (Å²) < 4.78 is 5.40. The molecule has 0 atom stereocenters. The van der Waals surface area contributed by atoms with E-state index in [0.717, 1.165) is 25.7 Å². The Bertz CT molecular complexity index is 636. The van der Waals surface area contributed by atoms with E-state index in [0.29, 0.717) is 49.1 Å². The number of ether oxygens (including phenoxy) is 1. The molecular formula is C19H25ClN2O3. The van der Waals surface area contributed by atoms with Gasteiger partial charge in [0, 0.05) is 37.7 Å². The van der Waals surface area contributed by atoms with Crippen LogP contribution in [0, 0.1) is 5.92 Å². The minimum atomic E-state index is -0.0436. The maximum Gasteiger partial charge on any atom is 0.254 e. The predicted molar refractivity (Wildman–Crippen MR) is 97.1 cm³/mol. The van der Waals surface area contributed by atoms with Crippen molar-refractivity contribution in [3.63, 3.8) is 0 Å². The topological polar surface area (TPSA) is 49.9 Å². The van der Waals surface area contributed by atoms with E-state index in [9.17, 15) is 9.59 Å². The zero-order chi connectivity index (χ0) is 17.8. The fraction of sp³-hybridized carbons (Fsp3) is 0.579. The Balaban J connectivity index is 1.58. The average Bonchev–Trinajstić information content (AvgIpc) is 3.17. The lowest BCUT2D eigenvalue weighted by Crippen LogP contribution is -2.51. The van der Waals surface area contributed by atoms with Crippen LogP contribution in [0.3, 0.4) is 0 Å². The third-order valence-corrected chi connectivity index (χ3v) is 5.36. The molecule has 0 N–H and O–H groups in total. The molecule has 3 rings (SSSR count). The second-order valence-corrected chi connectivity index (χ2v) is 7.08. The summed E-state index contributed by atoms with van der Waals surface area (Å²) in [6, 6.07) is 5.14. The van der Waals surface area contributed by atoms with Gasteiger partial charge in [-0.3, -0.25) is 9.59 Å². The molecule has 1 aromatic rings. The smallest absolute Gasteiger partial charge is 0.254 e. The molecule has 1 aromatic carbocycles. The van der Waals surface area contributed by atoms with Crippen molar-refractivity contribution in [2.24, 2.45) is 5.92 Å². The minimum Gasteiger partial charge on any atom is -0.492 e. The number of hydrogen-bond acceptors (Lipinski definition) is 3. The van der Waals surface area contributed by atoms with E-state index in [4.69, 9.17) is 16.3 Å². The van der Waals surface area contributed by atoms with Gasteiger partial charge in [0.2, 0.25) is 5.91 Å². The number of piperazine rings is 1. The molecule has 2 aliphatic rings. The first-order chi connectivity index (χ1) is 12.1. The van der Waals surface area contributed by atoms with E-state index in [-0.39, 0.29) is 17.7 Å². The van der Waals surface area contributed by atoms with Gasteiger partial charge in [-0.15, -0.1) is 0 Å². The number of amides is 2. The van der Waals surface area contributed by atoms with Crippen molar-refractivity contribution < 1.29 is 14.3 Å². The van der Waals surface area contributed by atoms with E-state index in [1.54, 1.807) is 23.1 Å². The quantitative estimate of drug-likeness (QED) is 0.824. The summed E-state index contributed by atoms with van der Waals surface area (Å²) in [5.41, 5.74) is 0.559. The van der Waals surface area contributed by atoms with Crippen molar-refractivity contribution in [2.75, 3.05) is 32.8 Å². The fourth-order valence-electron chi connectivity index (χ4n) is 3.65. The molecule has 136 valence electrons. The normalized spacial score (nSPS) is 18.5. The molecule has 0 bridgehead atoms. The Morgan fingerprint density at radius 1 is 1.12 bits per heavy atom. The summed E-state index contributed by atoms with van der Waals surface area (Å²) in [4.78, 5) is 28.9. The molecule has 1 saturated carbocycles. The number of halogens is 1. The molecule has 0 spiro atoms. The lowest BCUT2D eigenvalue weighted by Gasteiger charge is -2.36. The Kier molecular flexibility index (Phi) is 5.84. The average molecular weight is 365 g/mol. The van der Waals surface area contributed by atoms with Crippen LogP contribution in [0.25, 0.3) is 0 Å². The number of hydrogen-bond donors (Lipinski definition) is 0. The van der Waals surface area contributed by atoms with Gasteiger partial charge in [0.1, 0.15) is 5.75 Å². The van der Waals surface area contributed by atoms with E-state index in [2.05, 4.69) is 0 Å². The van der Waals surface area contributed by atoms with Gasteiger partial charge in [0.05, 0.1) is 11.6 Å². The molecule has 0 unspecified atom stereocenters. The van der Waals surface area contributed by atoms with Gasteiger partial charge in [-0.1, -0.05) is 24.4 Å². The highest BCUT2D eigenvalue weighted by Crippen LogP contribution is 2.28. The third kappa shape index (κ3) is 4.09. The van der Waals surface area contributed by atoms with Gasteiger partial charge < -0.3 is 14.5 Å². The molecule has 1 aliphatic heterocycles. The first-order valence-electron chi connectivity index (χ1n) is 9.10. The Morgan fingerprint density at radius 3 is 2.36 bits per heavy atom. The Hall–Kier alpha value is -1.75. The van der Waals surface area contributed by atoms with Gasteiger partial charge in [-0.25, -0.2) is 0 Å². The largest absolute Gasteiger partial charge is 0.492 e. The molecular weight excluding hydrogens is 340 g/mol. The van der Waals surface area contributed by atoms with E-state index in [1.165, 1.54) is 0 Å². The molecule has 0 aromatic heterocycles. The van der Waals surface area contributed by atoms with Gasteiger partial charge in [-0.05, 0) is 38.0 Å². The molecule has 25 heavy (non-hydrogen) atoms. The summed E-state index contributed by atoms with van der Waals surface area (Å²) in [5, 5.41) is 0.447. The zero-order valence-electron chi connectivity index (χ0n) is 14.7. The van der Waals surface area contributed by atoms with Crippen molar-refractivity contribution in [2.45, 2.75) is 32.6 Å². The third-order valence-electron chi connectivity index (χ3n) is 5.06. The second-order valence-electron chi connectivity index (χ2n) is 6.68. The summed E-state index contributed by atoms with van der Waals surface area (Å²) in [5.74, 6) is 1.02. The number of rotatable bonds is 4. The molecule has 6 heteroatoms. The molecule has 0 radical (unpaired) electrons. The fourth-order valence-corrected chi connectivity index (χ4v) is 3.88. The molecule has 2 fully saturated rings. The van der Waals surface area contributed by atoms with Gasteiger partial charge >= 0.3 is 0 Å². The van der Waals surface area contributed by atoms with Crippen molar-refractivity contribution in [3.8, 4) is 5.75 Å². The number of benzene rings is 1. The minimum absolute atomic E-state index is 0.0436. The molecule has 5 nitrogen and oxygen atoms in total. The highest BCUT2D eigenvalue weighted by Gasteiger charge is 2.30. The van der Waals surface area contributed by atoms with Crippen molar-refractivity contribution >= 4 is 23.4 Å². The molecule has 1 heterocycles. The Labute approximate surface area is 153 Å².